The Morgan fingerprint density at radius 3 is 1.22 bits per heavy atom. The molecule has 3 aliphatic rings. The molecule has 444 valence electrons. The van der Waals surface area contributed by atoms with Gasteiger partial charge in [0.1, 0.15) is 13.0 Å². The maximum atomic E-state index is 12.9. The number of aromatic carboxylic acids is 3. The average Bonchev–Trinajstić information content (AvgIpc) is 2.61. The highest BCUT2D eigenvalue weighted by Gasteiger charge is 2.34. The second-order valence-corrected chi connectivity index (χ2v) is 24.8. The average molecular weight is 1300 g/mol. The number of rotatable bonds is 15. The van der Waals surface area contributed by atoms with E-state index in [4.69, 9.17) is 52.0 Å². The number of benzene rings is 7. The summed E-state index contributed by atoms with van der Waals surface area (Å²) < 4.78 is 1.58. The van der Waals surface area contributed by atoms with Gasteiger partial charge in [-0.2, -0.15) is 0 Å². The van der Waals surface area contributed by atoms with Crippen LogP contribution in [0.25, 0.3) is 52.0 Å². The van der Waals surface area contributed by atoms with Crippen molar-refractivity contribution in [3.05, 3.63) is 284 Å². The molecule has 3 saturated heterocycles. The topological polar surface area (TPSA) is 212 Å². The van der Waals surface area contributed by atoms with Crippen molar-refractivity contribution in [2.75, 3.05) is 0 Å². The van der Waals surface area contributed by atoms with E-state index in [9.17, 15) is 28.8 Å². The molecule has 3 fully saturated rings. The first-order valence-corrected chi connectivity index (χ1v) is 31.0. The quantitative estimate of drug-likeness (QED) is 0.0643. The largest absolute Gasteiger partial charge is 0.478 e. The Bertz CT molecular complexity index is 3920. The molecule has 0 radical (unpaired) electrons. The van der Waals surface area contributed by atoms with E-state index in [1.807, 2.05) is 140 Å². The van der Waals surface area contributed by atoms with Crippen LogP contribution in [-0.4, -0.2) is 93.6 Å². The summed E-state index contributed by atoms with van der Waals surface area (Å²) in [5, 5.41) is 27.1. The summed E-state index contributed by atoms with van der Waals surface area (Å²) >= 11 is 20.0. The SMILES string of the molecule is O=C(O)c1ccc(-c2cccc(/C=C3\SC(=S)N(Cc4ccccc4)C3=O)c2)cc1.O=C(O)c1ccc(-c2cccc(/C=C3\SC(=S)N(Cc4ccccc4)C3=O)n2)cc1.O=C(O)c1ccc(-c2nccc(/C=C3\SC(=S)N(Cc4ccccc4)C3=O)n2)cc1. The van der Waals surface area contributed by atoms with E-state index in [0.29, 0.717) is 75.8 Å². The minimum absolute atomic E-state index is 0.0925. The van der Waals surface area contributed by atoms with Gasteiger partial charge in [-0.25, -0.2) is 29.3 Å². The number of carbonyl (C=O) groups is 6. The highest BCUT2D eigenvalue weighted by Crippen LogP contribution is 2.37. The minimum atomic E-state index is -0.992. The molecule has 0 bridgehead atoms. The summed E-state index contributed by atoms with van der Waals surface area (Å²) in [4.78, 5) is 91.4. The Morgan fingerprint density at radius 1 is 0.400 bits per heavy atom. The monoisotopic (exact) mass is 1300 g/mol. The second-order valence-electron chi connectivity index (χ2n) is 19.8. The van der Waals surface area contributed by atoms with Gasteiger partial charge in [-0.3, -0.25) is 29.1 Å². The lowest BCUT2D eigenvalue weighted by molar-refractivity contribution is -0.123. The molecular formula is C69H48N6O9S6. The molecule has 0 aliphatic carbocycles. The van der Waals surface area contributed by atoms with Gasteiger partial charge in [0.2, 0.25) is 0 Å². The van der Waals surface area contributed by atoms with E-state index in [1.54, 1.807) is 99.8 Å². The van der Waals surface area contributed by atoms with Crippen LogP contribution in [0.2, 0.25) is 0 Å². The number of thiocarbonyl (C=S) groups is 3. The number of hydrogen-bond acceptors (Lipinski definition) is 15. The fraction of sp³-hybridized carbons (Fsp3) is 0.0435. The third-order valence-electron chi connectivity index (χ3n) is 13.6. The maximum Gasteiger partial charge on any atom is 0.335 e. The van der Waals surface area contributed by atoms with Gasteiger partial charge in [0.25, 0.3) is 17.7 Å². The van der Waals surface area contributed by atoms with Crippen molar-refractivity contribution >= 4 is 139 Å². The summed E-state index contributed by atoms with van der Waals surface area (Å²) in [7, 11) is 0. The molecule has 90 heavy (non-hydrogen) atoms. The Hall–Kier alpha value is -9.87. The van der Waals surface area contributed by atoms with Crippen molar-refractivity contribution in [2.45, 2.75) is 19.6 Å². The standard InChI is InChI=1S/C24H17NO3S2.C23H16N2O3S2.C22H15N3O3S2/c26-22-21(30-24(29)25(22)15-16-5-2-1-3-6-16)14-17-7-4-8-20(13-17)18-9-11-19(12-10-18)23(27)28;26-21-20(30-23(29)25(21)14-15-5-2-1-3-6-15)13-18-7-4-8-19(24-18)16-9-11-17(12-10-16)22(27)28;26-20-18(30-22(29)25(20)13-14-4-2-1-3-5-14)12-17-10-11-23-19(24-17)15-6-8-16(9-7-15)21(27)28/h1-14H,15H2,(H,27,28);1-13H,14H2,(H,27,28);1-12H,13H2,(H,27,28)/b21-14-;20-13-;18-12-. The molecule has 9 aromatic rings. The number of pyridine rings is 1. The van der Waals surface area contributed by atoms with Crippen molar-refractivity contribution < 1.29 is 44.1 Å². The number of hydrogen-bond donors (Lipinski definition) is 3. The zero-order chi connectivity index (χ0) is 63.3. The first-order chi connectivity index (χ1) is 43.5. The first-order valence-electron chi connectivity index (χ1n) is 27.3. The molecule has 3 aliphatic heterocycles. The molecule has 2 aromatic heterocycles. The van der Waals surface area contributed by atoms with Gasteiger partial charge in [0.15, 0.2) is 5.82 Å². The molecule has 7 aromatic carbocycles. The van der Waals surface area contributed by atoms with Crippen LogP contribution >= 0.6 is 71.9 Å². The van der Waals surface area contributed by atoms with Gasteiger partial charge >= 0.3 is 17.9 Å². The summed E-state index contributed by atoms with van der Waals surface area (Å²) in [5.74, 6) is -2.85. The molecule has 0 atom stereocenters. The zero-order valence-corrected chi connectivity index (χ0v) is 52.0. The Labute approximate surface area is 545 Å². The van der Waals surface area contributed by atoms with Crippen LogP contribution in [0.1, 0.15) is 64.7 Å². The third-order valence-corrected chi connectivity index (χ3v) is 17.8. The zero-order valence-electron chi connectivity index (χ0n) is 47.1. The molecule has 5 heterocycles. The van der Waals surface area contributed by atoms with Crippen molar-refractivity contribution in [1.29, 1.82) is 0 Å². The Balaban J connectivity index is 0.000000148. The van der Waals surface area contributed by atoms with Gasteiger partial charge in [0.05, 0.1) is 68.1 Å². The molecule has 12 rings (SSSR count). The fourth-order valence-electron chi connectivity index (χ4n) is 9.07. The van der Waals surface area contributed by atoms with Crippen molar-refractivity contribution in [3.63, 3.8) is 0 Å². The van der Waals surface area contributed by atoms with Crippen LogP contribution in [0.5, 0.6) is 0 Å². The van der Waals surface area contributed by atoms with E-state index in [2.05, 4.69) is 15.0 Å². The van der Waals surface area contributed by atoms with Crippen LogP contribution in [0.4, 0.5) is 0 Å². The maximum absolute atomic E-state index is 12.9. The van der Waals surface area contributed by atoms with E-state index in [-0.39, 0.29) is 34.4 Å². The third kappa shape index (κ3) is 16.1. The van der Waals surface area contributed by atoms with Crippen LogP contribution in [-0.2, 0) is 34.0 Å². The van der Waals surface area contributed by atoms with E-state index >= 15 is 0 Å². The smallest absolute Gasteiger partial charge is 0.335 e. The fourth-order valence-corrected chi connectivity index (χ4v) is 12.8. The van der Waals surface area contributed by atoms with Gasteiger partial charge in [0, 0.05) is 17.3 Å². The summed E-state index contributed by atoms with van der Waals surface area (Å²) in [6.45, 7) is 1.32. The molecule has 3 N–H and O–H groups in total. The summed E-state index contributed by atoms with van der Waals surface area (Å²) in [6, 6.07) is 63.7. The van der Waals surface area contributed by atoms with Crippen LogP contribution in [0.15, 0.2) is 233 Å². The minimum Gasteiger partial charge on any atom is -0.478 e. The number of nitrogens with zero attached hydrogens (tertiary/aromatic N) is 6. The van der Waals surface area contributed by atoms with Crippen LogP contribution < -0.4 is 0 Å². The molecule has 0 spiro atoms. The van der Waals surface area contributed by atoms with Gasteiger partial charge in [-0.15, -0.1) is 0 Å². The van der Waals surface area contributed by atoms with Gasteiger partial charge in [-0.1, -0.05) is 224 Å². The van der Waals surface area contributed by atoms with Crippen LogP contribution in [0.3, 0.4) is 0 Å². The van der Waals surface area contributed by atoms with Crippen molar-refractivity contribution in [2.24, 2.45) is 0 Å². The highest BCUT2D eigenvalue weighted by atomic mass is 32.2. The number of amides is 3. The molecule has 0 saturated carbocycles. The van der Waals surface area contributed by atoms with Crippen molar-refractivity contribution in [1.82, 2.24) is 29.7 Å². The first kappa shape index (κ1) is 63.2. The van der Waals surface area contributed by atoms with Crippen molar-refractivity contribution in [3.8, 4) is 33.8 Å². The predicted molar refractivity (Wildman–Crippen MR) is 365 cm³/mol. The lowest BCUT2D eigenvalue weighted by atomic mass is 10.0. The Morgan fingerprint density at radius 2 is 0.789 bits per heavy atom. The molecule has 15 nitrogen and oxygen atoms in total. The lowest BCUT2D eigenvalue weighted by Crippen LogP contribution is -2.27. The number of carboxylic acids is 3. The lowest BCUT2D eigenvalue weighted by Gasteiger charge is -2.14. The predicted octanol–water partition coefficient (Wildman–Crippen LogP) is 14.5. The van der Waals surface area contributed by atoms with Gasteiger partial charge < -0.3 is 15.3 Å². The normalized spacial score (nSPS) is 15.1. The molecule has 21 heteroatoms. The molecule has 0 unspecified atom stereocenters. The second kappa shape index (κ2) is 29.4. The number of thioether (sulfide) groups is 3. The molecule has 3 amide bonds. The number of aromatic nitrogens is 3. The summed E-state index contributed by atoms with van der Waals surface area (Å²) in [6.07, 6.45) is 6.88. The van der Waals surface area contributed by atoms with Gasteiger partial charge in [-0.05, 0) is 112 Å². The molecular weight excluding hydrogens is 1250 g/mol. The Kier molecular flexibility index (Phi) is 20.6. The number of carboxylic acid groups (broad SMARTS) is 3. The highest BCUT2D eigenvalue weighted by molar-refractivity contribution is 8.27. The number of carbonyl (C=O) groups excluding carboxylic acids is 3. The van der Waals surface area contributed by atoms with E-state index in [1.165, 1.54) is 47.4 Å². The van der Waals surface area contributed by atoms with E-state index < -0.39 is 17.9 Å². The van der Waals surface area contributed by atoms with Crippen LogP contribution in [0, 0.1) is 0 Å². The summed E-state index contributed by atoms with van der Waals surface area (Å²) in [5.41, 5.74) is 9.83. The van der Waals surface area contributed by atoms with E-state index in [0.717, 1.165) is 38.9 Å².